The molecule has 1 rings (SSSR count). The van der Waals surface area contributed by atoms with Gasteiger partial charge in [-0.3, -0.25) is 4.79 Å². The minimum absolute atomic E-state index is 0.385. The minimum atomic E-state index is -1.06. The normalized spacial score (nSPS) is 24.5. The van der Waals surface area contributed by atoms with E-state index in [0.717, 1.165) is 6.42 Å². The highest BCUT2D eigenvalue weighted by atomic mass is 16.4. The third-order valence-corrected chi connectivity index (χ3v) is 3.08. The Morgan fingerprint density at radius 2 is 2.15 bits per heavy atom. The van der Waals surface area contributed by atoms with Crippen LogP contribution in [0.5, 0.6) is 0 Å². The van der Waals surface area contributed by atoms with Crippen molar-refractivity contribution in [1.82, 2.24) is 5.32 Å². The fourth-order valence-electron chi connectivity index (χ4n) is 1.79. The maximum absolute atomic E-state index is 11.1. The molecule has 1 heterocycles. The molecule has 0 aromatic heterocycles. The Kier molecular flexibility index (Phi) is 2.63. The Hall–Kier alpha value is -0.610. The largest absolute Gasteiger partial charge is 0.481 e. The molecular formula is C9H17NO3. The quantitative estimate of drug-likeness (QED) is 0.588. The van der Waals surface area contributed by atoms with Gasteiger partial charge in [-0.1, -0.05) is 13.3 Å². The first-order valence-electron chi connectivity index (χ1n) is 4.63. The molecule has 4 heteroatoms. The second-order valence-corrected chi connectivity index (χ2v) is 4.02. The summed E-state index contributed by atoms with van der Waals surface area (Å²) in [5, 5.41) is 22.0. The van der Waals surface area contributed by atoms with E-state index in [0.29, 0.717) is 19.5 Å². The van der Waals surface area contributed by atoms with Crippen LogP contribution in [0.4, 0.5) is 0 Å². The Labute approximate surface area is 78.0 Å². The molecule has 1 unspecified atom stereocenters. The lowest BCUT2D eigenvalue weighted by molar-refractivity contribution is -0.176. The first-order valence-corrected chi connectivity index (χ1v) is 4.63. The molecule has 1 aliphatic rings. The summed E-state index contributed by atoms with van der Waals surface area (Å²) in [5.74, 6) is -0.904. The van der Waals surface area contributed by atoms with Gasteiger partial charge in [0, 0.05) is 13.1 Å². The van der Waals surface area contributed by atoms with Crippen molar-refractivity contribution in [3.05, 3.63) is 0 Å². The van der Waals surface area contributed by atoms with E-state index in [1.165, 1.54) is 0 Å². The maximum atomic E-state index is 11.1. The van der Waals surface area contributed by atoms with Gasteiger partial charge in [-0.15, -0.1) is 0 Å². The van der Waals surface area contributed by atoms with Gasteiger partial charge in [-0.05, 0) is 13.3 Å². The SMILES string of the molecule is CCCC(C)(C(=O)O)C1(O)CNC1. The molecule has 1 aliphatic heterocycles. The second-order valence-electron chi connectivity index (χ2n) is 4.02. The summed E-state index contributed by atoms with van der Waals surface area (Å²) >= 11 is 0. The molecule has 4 nitrogen and oxygen atoms in total. The molecule has 0 aromatic rings. The molecule has 0 aliphatic carbocycles. The number of rotatable bonds is 4. The van der Waals surface area contributed by atoms with Crippen LogP contribution >= 0.6 is 0 Å². The Morgan fingerprint density at radius 3 is 2.38 bits per heavy atom. The summed E-state index contributed by atoms with van der Waals surface area (Å²) in [7, 11) is 0. The van der Waals surface area contributed by atoms with Crippen molar-refractivity contribution in [2.24, 2.45) is 5.41 Å². The summed E-state index contributed by atoms with van der Waals surface area (Å²) in [6, 6.07) is 0. The average molecular weight is 187 g/mol. The molecule has 0 aromatic carbocycles. The Morgan fingerprint density at radius 1 is 1.62 bits per heavy atom. The Balaban J connectivity index is 2.83. The van der Waals surface area contributed by atoms with Crippen LogP contribution in [0.1, 0.15) is 26.7 Å². The van der Waals surface area contributed by atoms with Crippen molar-refractivity contribution in [3.63, 3.8) is 0 Å². The average Bonchev–Trinajstić information content (AvgIpc) is 2.00. The highest BCUT2D eigenvalue weighted by molar-refractivity contribution is 5.76. The van der Waals surface area contributed by atoms with Crippen LogP contribution in [0, 0.1) is 5.41 Å². The number of hydrogen-bond acceptors (Lipinski definition) is 3. The standard InChI is InChI=1S/C9H17NO3/c1-3-4-8(2,7(11)12)9(13)5-10-6-9/h10,13H,3-6H2,1-2H3,(H,11,12). The molecule has 0 amide bonds. The zero-order valence-electron chi connectivity index (χ0n) is 8.13. The zero-order chi connectivity index (χ0) is 10.1. The minimum Gasteiger partial charge on any atom is -0.481 e. The lowest BCUT2D eigenvalue weighted by Crippen LogP contribution is -2.69. The summed E-state index contributed by atoms with van der Waals surface area (Å²) in [6.45, 7) is 4.32. The van der Waals surface area contributed by atoms with Gasteiger partial charge < -0.3 is 15.5 Å². The molecule has 0 radical (unpaired) electrons. The molecule has 1 atom stereocenters. The molecule has 1 saturated heterocycles. The van der Waals surface area contributed by atoms with Crippen LogP contribution in [0.2, 0.25) is 0 Å². The highest BCUT2D eigenvalue weighted by Gasteiger charge is 2.55. The van der Waals surface area contributed by atoms with Crippen LogP contribution in [0.15, 0.2) is 0 Å². The van der Waals surface area contributed by atoms with E-state index in [1.54, 1.807) is 6.92 Å². The van der Waals surface area contributed by atoms with Crippen molar-refractivity contribution in [3.8, 4) is 0 Å². The van der Waals surface area contributed by atoms with Crippen LogP contribution in [-0.2, 0) is 4.79 Å². The highest BCUT2D eigenvalue weighted by Crippen LogP contribution is 2.38. The van der Waals surface area contributed by atoms with E-state index in [9.17, 15) is 9.90 Å². The van der Waals surface area contributed by atoms with E-state index in [4.69, 9.17) is 5.11 Å². The first kappa shape index (κ1) is 10.5. The van der Waals surface area contributed by atoms with Gasteiger partial charge in [0.05, 0.1) is 5.41 Å². The first-order chi connectivity index (χ1) is 5.96. The summed E-state index contributed by atoms with van der Waals surface area (Å²) < 4.78 is 0. The second kappa shape index (κ2) is 3.27. The number of nitrogens with one attached hydrogen (secondary N) is 1. The topological polar surface area (TPSA) is 69.6 Å². The van der Waals surface area contributed by atoms with E-state index >= 15 is 0 Å². The summed E-state index contributed by atoms with van der Waals surface area (Å²) in [4.78, 5) is 11.1. The molecule has 76 valence electrons. The van der Waals surface area contributed by atoms with Crippen molar-refractivity contribution in [2.45, 2.75) is 32.3 Å². The van der Waals surface area contributed by atoms with Gasteiger partial charge in [0.15, 0.2) is 0 Å². The third-order valence-electron chi connectivity index (χ3n) is 3.08. The lowest BCUT2D eigenvalue weighted by Gasteiger charge is -2.48. The van der Waals surface area contributed by atoms with Gasteiger partial charge in [-0.2, -0.15) is 0 Å². The predicted molar refractivity (Wildman–Crippen MR) is 48.5 cm³/mol. The number of carboxylic acid groups (broad SMARTS) is 1. The number of β-amino-alcohol motifs (C(OH)–C–C–N with tert-alkyl or cyclic N) is 1. The number of carbonyl (C=O) groups is 1. The van der Waals surface area contributed by atoms with Gasteiger partial charge in [0.2, 0.25) is 0 Å². The maximum Gasteiger partial charge on any atom is 0.312 e. The predicted octanol–water partition coefficient (Wildman–Crippen LogP) is 0.212. The fraction of sp³-hybridized carbons (Fsp3) is 0.889. The van der Waals surface area contributed by atoms with Gasteiger partial charge in [0.25, 0.3) is 0 Å². The number of aliphatic hydroxyl groups is 1. The molecule has 0 spiro atoms. The van der Waals surface area contributed by atoms with E-state index in [1.807, 2.05) is 6.92 Å². The third kappa shape index (κ3) is 1.44. The van der Waals surface area contributed by atoms with Gasteiger partial charge in [-0.25, -0.2) is 0 Å². The monoisotopic (exact) mass is 187 g/mol. The van der Waals surface area contributed by atoms with Crippen molar-refractivity contribution < 1.29 is 15.0 Å². The smallest absolute Gasteiger partial charge is 0.312 e. The fourth-order valence-corrected chi connectivity index (χ4v) is 1.79. The summed E-state index contributed by atoms with van der Waals surface area (Å²) in [6.07, 6.45) is 1.28. The number of aliphatic carboxylic acids is 1. The Bertz CT molecular complexity index is 213. The van der Waals surface area contributed by atoms with Crippen molar-refractivity contribution in [1.29, 1.82) is 0 Å². The van der Waals surface area contributed by atoms with Crippen LogP contribution in [0.3, 0.4) is 0 Å². The van der Waals surface area contributed by atoms with Crippen LogP contribution in [-0.4, -0.2) is 34.9 Å². The lowest BCUT2D eigenvalue weighted by atomic mass is 9.67. The van der Waals surface area contributed by atoms with E-state index in [2.05, 4.69) is 5.32 Å². The molecule has 3 N–H and O–H groups in total. The molecular weight excluding hydrogens is 170 g/mol. The van der Waals surface area contributed by atoms with Gasteiger partial charge in [0.1, 0.15) is 5.60 Å². The molecule has 0 saturated carbocycles. The van der Waals surface area contributed by atoms with Crippen LogP contribution in [0.25, 0.3) is 0 Å². The van der Waals surface area contributed by atoms with Crippen LogP contribution < -0.4 is 5.32 Å². The van der Waals surface area contributed by atoms with E-state index in [-0.39, 0.29) is 0 Å². The van der Waals surface area contributed by atoms with Gasteiger partial charge >= 0.3 is 5.97 Å². The molecule has 13 heavy (non-hydrogen) atoms. The van der Waals surface area contributed by atoms with Crippen molar-refractivity contribution in [2.75, 3.05) is 13.1 Å². The van der Waals surface area contributed by atoms with Crippen molar-refractivity contribution >= 4 is 5.97 Å². The molecule has 1 fully saturated rings. The summed E-state index contributed by atoms with van der Waals surface area (Å²) in [5.41, 5.74) is -2.07. The van der Waals surface area contributed by atoms with E-state index < -0.39 is 17.0 Å². The zero-order valence-corrected chi connectivity index (χ0v) is 8.13. The number of hydrogen-bond donors (Lipinski definition) is 3. The molecule has 0 bridgehead atoms. The number of carboxylic acids is 1.